The summed E-state index contributed by atoms with van der Waals surface area (Å²) in [6.07, 6.45) is 1.16. The summed E-state index contributed by atoms with van der Waals surface area (Å²) in [5, 5.41) is 3.43. The lowest BCUT2D eigenvalue weighted by atomic mass is 9.95. The largest absolute Gasteiger partial charge is 0.493 e. The molecule has 1 rings (SSSR count). The second kappa shape index (κ2) is 7.27. The molecule has 0 aromatic heterocycles. The van der Waals surface area contributed by atoms with Crippen molar-refractivity contribution >= 4 is 0 Å². The van der Waals surface area contributed by atoms with Gasteiger partial charge >= 0.3 is 0 Å². The normalized spacial score (nSPS) is 11.3. The predicted octanol–water partition coefficient (Wildman–Crippen LogP) is 3.10. The summed E-state index contributed by atoms with van der Waals surface area (Å²) in [5.41, 5.74) is 0.107. The molecule has 102 valence electrons. The van der Waals surface area contributed by atoms with E-state index in [1.807, 2.05) is 24.3 Å². The molecular formula is C15H25NO2. The molecule has 0 atom stereocenters. The van der Waals surface area contributed by atoms with Crippen LogP contribution in [0, 0.1) is 5.41 Å². The van der Waals surface area contributed by atoms with E-state index in [0.29, 0.717) is 6.61 Å². The van der Waals surface area contributed by atoms with Gasteiger partial charge in [-0.1, -0.05) is 32.9 Å². The van der Waals surface area contributed by atoms with E-state index < -0.39 is 0 Å². The number of hydrogen-bond donors (Lipinski definition) is 1. The zero-order valence-electron chi connectivity index (χ0n) is 12.0. The van der Waals surface area contributed by atoms with E-state index in [1.54, 1.807) is 7.11 Å². The number of methoxy groups -OCH3 is 1. The van der Waals surface area contributed by atoms with Gasteiger partial charge in [-0.05, 0) is 25.1 Å². The summed E-state index contributed by atoms with van der Waals surface area (Å²) in [5.74, 6) is 1.60. The van der Waals surface area contributed by atoms with Gasteiger partial charge in [-0.25, -0.2) is 0 Å². The van der Waals surface area contributed by atoms with Crippen LogP contribution in [-0.2, 0) is 0 Å². The Morgan fingerprint density at radius 3 is 2.44 bits per heavy atom. The second-order valence-corrected chi connectivity index (χ2v) is 5.28. The van der Waals surface area contributed by atoms with Crippen LogP contribution in [0.1, 0.15) is 27.2 Å². The van der Waals surface area contributed by atoms with Gasteiger partial charge in [-0.3, -0.25) is 0 Å². The molecule has 1 aromatic rings. The lowest BCUT2D eigenvalue weighted by molar-refractivity contribution is 0.171. The minimum Gasteiger partial charge on any atom is -0.493 e. The standard InChI is InChI=1S/C15H25NO2/c1-5-10-16-11-15(2,3)12-18-14-9-7-6-8-13(14)17-4/h6-9,16H,5,10-12H2,1-4H3. The highest BCUT2D eigenvalue weighted by molar-refractivity contribution is 5.39. The Labute approximate surface area is 110 Å². The summed E-state index contributed by atoms with van der Waals surface area (Å²) in [6, 6.07) is 7.76. The third-order valence-corrected chi connectivity index (χ3v) is 2.72. The van der Waals surface area contributed by atoms with Crippen molar-refractivity contribution in [1.82, 2.24) is 5.32 Å². The Morgan fingerprint density at radius 2 is 1.83 bits per heavy atom. The molecule has 3 nitrogen and oxygen atoms in total. The Hall–Kier alpha value is -1.22. The molecule has 0 saturated heterocycles. The average Bonchev–Trinajstić information content (AvgIpc) is 2.37. The van der Waals surface area contributed by atoms with Gasteiger partial charge in [0.1, 0.15) is 0 Å². The maximum Gasteiger partial charge on any atom is 0.161 e. The molecule has 0 bridgehead atoms. The first-order chi connectivity index (χ1) is 8.59. The molecule has 3 heteroatoms. The van der Waals surface area contributed by atoms with Crippen molar-refractivity contribution < 1.29 is 9.47 Å². The maximum absolute atomic E-state index is 5.86. The molecule has 0 amide bonds. The summed E-state index contributed by atoms with van der Waals surface area (Å²) in [4.78, 5) is 0. The molecule has 0 saturated carbocycles. The number of benzene rings is 1. The molecule has 0 unspecified atom stereocenters. The molecule has 0 heterocycles. The number of nitrogens with one attached hydrogen (secondary N) is 1. The first kappa shape index (κ1) is 14.8. The van der Waals surface area contributed by atoms with Crippen LogP contribution in [0.4, 0.5) is 0 Å². The van der Waals surface area contributed by atoms with Gasteiger partial charge in [-0.15, -0.1) is 0 Å². The number of hydrogen-bond acceptors (Lipinski definition) is 3. The van der Waals surface area contributed by atoms with Gasteiger partial charge < -0.3 is 14.8 Å². The second-order valence-electron chi connectivity index (χ2n) is 5.28. The quantitative estimate of drug-likeness (QED) is 0.720. The average molecular weight is 251 g/mol. The summed E-state index contributed by atoms with van der Waals surface area (Å²) in [6.45, 7) is 9.25. The molecule has 1 aromatic carbocycles. The van der Waals surface area contributed by atoms with Gasteiger partial charge in [-0.2, -0.15) is 0 Å². The van der Waals surface area contributed by atoms with Crippen LogP contribution < -0.4 is 14.8 Å². The summed E-state index contributed by atoms with van der Waals surface area (Å²) >= 11 is 0. The van der Waals surface area contributed by atoms with E-state index >= 15 is 0 Å². The van der Waals surface area contributed by atoms with Crippen LogP contribution in [0.25, 0.3) is 0 Å². The van der Waals surface area contributed by atoms with Crippen molar-refractivity contribution in [2.75, 3.05) is 26.8 Å². The molecule has 1 N–H and O–H groups in total. The highest BCUT2D eigenvalue weighted by Gasteiger charge is 2.19. The van der Waals surface area contributed by atoms with Crippen molar-refractivity contribution in [1.29, 1.82) is 0 Å². The summed E-state index contributed by atoms with van der Waals surface area (Å²) in [7, 11) is 1.66. The van der Waals surface area contributed by atoms with E-state index in [4.69, 9.17) is 9.47 Å². The van der Waals surface area contributed by atoms with Gasteiger partial charge in [0.15, 0.2) is 11.5 Å². The Morgan fingerprint density at radius 1 is 1.17 bits per heavy atom. The van der Waals surface area contributed by atoms with E-state index in [1.165, 1.54) is 0 Å². The fraction of sp³-hybridized carbons (Fsp3) is 0.600. The van der Waals surface area contributed by atoms with Crippen molar-refractivity contribution in [3.63, 3.8) is 0 Å². The smallest absolute Gasteiger partial charge is 0.161 e. The third kappa shape index (κ3) is 4.96. The zero-order chi connectivity index (χ0) is 13.4. The summed E-state index contributed by atoms with van der Waals surface area (Å²) < 4.78 is 11.1. The van der Waals surface area contributed by atoms with Crippen molar-refractivity contribution in [3.8, 4) is 11.5 Å². The predicted molar refractivity (Wildman–Crippen MR) is 75.4 cm³/mol. The Kier molecular flexibility index (Phi) is 5.99. The zero-order valence-corrected chi connectivity index (χ0v) is 12.0. The third-order valence-electron chi connectivity index (χ3n) is 2.72. The molecule has 0 radical (unpaired) electrons. The van der Waals surface area contributed by atoms with Crippen molar-refractivity contribution in [2.45, 2.75) is 27.2 Å². The van der Waals surface area contributed by atoms with Crippen LogP contribution >= 0.6 is 0 Å². The van der Waals surface area contributed by atoms with Gasteiger partial charge in [0.2, 0.25) is 0 Å². The van der Waals surface area contributed by atoms with E-state index in [9.17, 15) is 0 Å². The van der Waals surface area contributed by atoms with E-state index in [0.717, 1.165) is 31.0 Å². The lowest BCUT2D eigenvalue weighted by Crippen LogP contribution is -2.34. The minimum atomic E-state index is 0.107. The molecule has 0 aliphatic carbocycles. The molecule has 0 aliphatic rings. The maximum atomic E-state index is 5.86. The van der Waals surface area contributed by atoms with Crippen LogP contribution in [0.5, 0.6) is 11.5 Å². The monoisotopic (exact) mass is 251 g/mol. The Balaban J connectivity index is 2.47. The fourth-order valence-corrected chi connectivity index (χ4v) is 1.67. The molecule has 0 spiro atoms. The molecular weight excluding hydrogens is 226 g/mol. The SMILES string of the molecule is CCCNCC(C)(C)COc1ccccc1OC. The fourth-order valence-electron chi connectivity index (χ4n) is 1.67. The van der Waals surface area contributed by atoms with Gasteiger partial charge in [0.05, 0.1) is 13.7 Å². The van der Waals surface area contributed by atoms with Crippen molar-refractivity contribution in [2.24, 2.45) is 5.41 Å². The molecule has 0 aliphatic heterocycles. The van der Waals surface area contributed by atoms with Crippen LogP contribution in [0.3, 0.4) is 0 Å². The van der Waals surface area contributed by atoms with Gasteiger partial charge in [0, 0.05) is 12.0 Å². The van der Waals surface area contributed by atoms with Crippen LogP contribution in [0.15, 0.2) is 24.3 Å². The minimum absolute atomic E-state index is 0.107. The lowest BCUT2D eigenvalue weighted by Gasteiger charge is -2.25. The Bertz CT molecular complexity index is 350. The van der Waals surface area contributed by atoms with Crippen LogP contribution in [0.2, 0.25) is 0 Å². The number of ether oxygens (including phenoxy) is 2. The molecule has 0 fully saturated rings. The number of para-hydroxylation sites is 2. The topological polar surface area (TPSA) is 30.5 Å². The highest BCUT2D eigenvalue weighted by Crippen LogP contribution is 2.27. The highest BCUT2D eigenvalue weighted by atomic mass is 16.5. The van der Waals surface area contributed by atoms with E-state index in [2.05, 4.69) is 26.1 Å². The molecule has 18 heavy (non-hydrogen) atoms. The van der Waals surface area contributed by atoms with Gasteiger partial charge in [0.25, 0.3) is 0 Å². The van der Waals surface area contributed by atoms with E-state index in [-0.39, 0.29) is 5.41 Å². The number of rotatable bonds is 8. The van der Waals surface area contributed by atoms with Crippen LogP contribution in [-0.4, -0.2) is 26.8 Å². The first-order valence-corrected chi connectivity index (χ1v) is 6.55. The van der Waals surface area contributed by atoms with Crippen molar-refractivity contribution in [3.05, 3.63) is 24.3 Å². The first-order valence-electron chi connectivity index (χ1n) is 6.55.